The Morgan fingerprint density at radius 1 is 1.09 bits per heavy atom. The first-order valence-electron chi connectivity index (χ1n) is 11.4. The molecule has 1 aliphatic heterocycles. The Hall–Kier alpha value is -2.93. The van der Waals surface area contributed by atoms with Crippen molar-refractivity contribution in [3.63, 3.8) is 0 Å². The van der Waals surface area contributed by atoms with Crippen molar-refractivity contribution in [1.82, 2.24) is 9.78 Å². The average Bonchev–Trinajstić information content (AvgIpc) is 3.56. The predicted molar refractivity (Wildman–Crippen MR) is 127 cm³/mol. The number of carbonyl (C=O) groups excluding carboxylic acids is 2. The number of thiophene rings is 1. The van der Waals surface area contributed by atoms with E-state index in [-0.39, 0.29) is 23.8 Å². The van der Waals surface area contributed by atoms with Crippen LogP contribution in [0.3, 0.4) is 0 Å². The second-order valence-corrected chi connectivity index (χ2v) is 9.77. The minimum atomic E-state index is -0.334. The van der Waals surface area contributed by atoms with E-state index in [2.05, 4.69) is 10.4 Å². The zero-order chi connectivity index (χ0) is 22.1. The van der Waals surface area contributed by atoms with Crippen LogP contribution in [0, 0.1) is 12.8 Å². The van der Waals surface area contributed by atoms with Crippen LogP contribution in [0.4, 0.5) is 11.5 Å². The first-order valence-corrected chi connectivity index (χ1v) is 12.3. The highest BCUT2D eigenvalue weighted by molar-refractivity contribution is 7.10. The zero-order valence-electron chi connectivity index (χ0n) is 18.2. The topological polar surface area (TPSA) is 67.2 Å². The fraction of sp³-hybridized carbons (Fsp3) is 0.400. The molecule has 2 atom stereocenters. The Kier molecular flexibility index (Phi) is 5.83. The molecule has 2 aliphatic rings. The Morgan fingerprint density at radius 3 is 2.59 bits per heavy atom. The maximum absolute atomic E-state index is 13.6. The molecule has 0 bridgehead atoms. The number of piperidine rings is 1. The normalized spacial score (nSPS) is 21.8. The van der Waals surface area contributed by atoms with Gasteiger partial charge in [0.05, 0.1) is 24.2 Å². The van der Waals surface area contributed by atoms with E-state index in [0.717, 1.165) is 34.8 Å². The fourth-order valence-corrected chi connectivity index (χ4v) is 5.91. The Balaban J connectivity index is 1.46. The lowest BCUT2D eigenvalue weighted by Crippen LogP contribution is -2.46. The van der Waals surface area contributed by atoms with Gasteiger partial charge in [0, 0.05) is 23.1 Å². The van der Waals surface area contributed by atoms with Gasteiger partial charge in [-0.05, 0) is 49.8 Å². The van der Waals surface area contributed by atoms with Gasteiger partial charge in [-0.2, -0.15) is 5.10 Å². The quantitative estimate of drug-likeness (QED) is 0.561. The molecule has 5 rings (SSSR count). The molecule has 2 amide bonds. The van der Waals surface area contributed by atoms with Gasteiger partial charge in [0.2, 0.25) is 11.8 Å². The highest BCUT2D eigenvalue weighted by Crippen LogP contribution is 2.42. The van der Waals surface area contributed by atoms with E-state index in [4.69, 9.17) is 0 Å². The monoisotopic (exact) mass is 448 g/mol. The number of aromatic nitrogens is 2. The summed E-state index contributed by atoms with van der Waals surface area (Å²) in [6.45, 7) is 2.03. The molecule has 32 heavy (non-hydrogen) atoms. The second-order valence-electron chi connectivity index (χ2n) is 8.79. The third-order valence-electron chi connectivity index (χ3n) is 6.67. The summed E-state index contributed by atoms with van der Waals surface area (Å²) in [5, 5.41) is 9.65. The largest absolute Gasteiger partial charge is 0.311 e. The average molecular weight is 449 g/mol. The van der Waals surface area contributed by atoms with Crippen LogP contribution in [0.15, 0.2) is 54.0 Å². The standard InChI is InChI=1S/C25H28N4O2S/c1-17-8-10-18(11-9-17)28-23(30)13-12-20(24(28)21-7-4-16-32-21)25(31)27-22-14-15-26-29(22)19-5-2-3-6-19/h4,7-11,14-16,19-20,24H,2-3,5-6,12-13H2,1H3,(H,27,31)/t20-,24+/m0/s1. The maximum atomic E-state index is 13.6. The lowest BCUT2D eigenvalue weighted by Gasteiger charge is -2.40. The summed E-state index contributed by atoms with van der Waals surface area (Å²) in [4.78, 5) is 29.5. The van der Waals surface area contributed by atoms with Gasteiger partial charge in [0.25, 0.3) is 0 Å². The minimum Gasteiger partial charge on any atom is -0.311 e. The van der Waals surface area contributed by atoms with Crippen molar-refractivity contribution in [2.75, 3.05) is 10.2 Å². The lowest BCUT2D eigenvalue weighted by molar-refractivity contribution is -0.125. The van der Waals surface area contributed by atoms with E-state index in [9.17, 15) is 9.59 Å². The van der Waals surface area contributed by atoms with E-state index in [1.807, 2.05) is 64.4 Å². The molecule has 1 aromatic carbocycles. The van der Waals surface area contributed by atoms with Crippen LogP contribution >= 0.6 is 11.3 Å². The Bertz CT molecular complexity index is 1080. The summed E-state index contributed by atoms with van der Waals surface area (Å²) in [6.07, 6.45) is 7.25. The number of hydrogen-bond acceptors (Lipinski definition) is 4. The molecule has 166 valence electrons. The molecule has 0 radical (unpaired) electrons. The summed E-state index contributed by atoms with van der Waals surface area (Å²) in [5.41, 5.74) is 1.98. The van der Waals surface area contributed by atoms with E-state index in [1.54, 1.807) is 17.5 Å². The molecule has 1 aliphatic carbocycles. The predicted octanol–water partition coefficient (Wildman–Crippen LogP) is 5.49. The number of anilines is 2. The number of nitrogens with one attached hydrogen (secondary N) is 1. The lowest BCUT2D eigenvalue weighted by atomic mass is 9.86. The molecule has 1 N–H and O–H groups in total. The third kappa shape index (κ3) is 3.97. The van der Waals surface area contributed by atoms with Crippen molar-refractivity contribution in [3.05, 3.63) is 64.5 Å². The summed E-state index contributed by atoms with van der Waals surface area (Å²) in [5.74, 6) is 0.435. The van der Waals surface area contributed by atoms with Gasteiger partial charge < -0.3 is 10.2 Å². The molecule has 3 heterocycles. The number of carbonyl (C=O) groups is 2. The smallest absolute Gasteiger partial charge is 0.231 e. The van der Waals surface area contributed by atoms with Gasteiger partial charge in [-0.1, -0.05) is 36.6 Å². The number of rotatable bonds is 5. The van der Waals surface area contributed by atoms with Crippen LogP contribution < -0.4 is 10.2 Å². The third-order valence-corrected chi connectivity index (χ3v) is 7.62. The van der Waals surface area contributed by atoms with Gasteiger partial charge in [-0.15, -0.1) is 11.3 Å². The van der Waals surface area contributed by atoms with Gasteiger partial charge in [-0.25, -0.2) is 4.68 Å². The summed E-state index contributed by atoms with van der Waals surface area (Å²) in [6, 6.07) is 13.9. The number of amides is 2. The van der Waals surface area contributed by atoms with Crippen molar-refractivity contribution in [2.24, 2.45) is 5.92 Å². The van der Waals surface area contributed by atoms with Crippen LogP contribution in [0.2, 0.25) is 0 Å². The maximum Gasteiger partial charge on any atom is 0.231 e. The minimum absolute atomic E-state index is 0.0484. The Labute approximate surface area is 192 Å². The Morgan fingerprint density at radius 2 is 1.88 bits per heavy atom. The highest BCUT2D eigenvalue weighted by Gasteiger charge is 2.42. The van der Waals surface area contributed by atoms with Crippen LogP contribution in [0.25, 0.3) is 0 Å². The number of hydrogen-bond donors (Lipinski definition) is 1. The van der Waals surface area contributed by atoms with Crippen LogP contribution in [0.5, 0.6) is 0 Å². The first-order chi connectivity index (χ1) is 15.6. The molecule has 3 aromatic rings. The van der Waals surface area contributed by atoms with Gasteiger partial charge in [-0.3, -0.25) is 9.59 Å². The first kappa shape index (κ1) is 20.9. The van der Waals surface area contributed by atoms with Crippen molar-refractivity contribution in [1.29, 1.82) is 0 Å². The van der Waals surface area contributed by atoms with Crippen molar-refractivity contribution >= 4 is 34.7 Å². The van der Waals surface area contributed by atoms with Crippen molar-refractivity contribution < 1.29 is 9.59 Å². The molecule has 2 aromatic heterocycles. The molecule has 2 fully saturated rings. The van der Waals surface area contributed by atoms with E-state index in [1.165, 1.54) is 12.8 Å². The number of nitrogens with zero attached hydrogens (tertiary/aromatic N) is 3. The highest BCUT2D eigenvalue weighted by atomic mass is 32.1. The van der Waals surface area contributed by atoms with Gasteiger partial charge in [0.1, 0.15) is 5.82 Å². The molecule has 1 saturated carbocycles. The van der Waals surface area contributed by atoms with Crippen LogP contribution in [0.1, 0.15) is 61.0 Å². The molecule has 0 unspecified atom stereocenters. The molecular weight excluding hydrogens is 420 g/mol. The molecular formula is C25H28N4O2S. The van der Waals surface area contributed by atoms with Crippen molar-refractivity contribution in [2.45, 2.75) is 57.5 Å². The van der Waals surface area contributed by atoms with Gasteiger partial charge in [0.15, 0.2) is 0 Å². The van der Waals surface area contributed by atoms with Crippen molar-refractivity contribution in [3.8, 4) is 0 Å². The summed E-state index contributed by atoms with van der Waals surface area (Å²) < 4.78 is 1.97. The van der Waals surface area contributed by atoms with E-state index in [0.29, 0.717) is 18.9 Å². The van der Waals surface area contributed by atoms with E-state index >= 15 is 0 Å². The fourth-order valence-electron chi connectivity index (χ4n) is 5.03. The summed E-state index contributed by atoms with van der Waals surface area (Å²) >= 11 is 1.59. The second kappa shape index (κ2) is 8.90. The number of aryl methyl sites for hydroxylation is 1. The summed E-state index contributed by atoms with van der Waals surface area (Å²) in [7, 11) is 0. The van der Waals surface area contributed by atoms with Crippen LogP contribution in [-0.4, -0.2) is 21.6 Å². The molecule has 6 nitrogen and oxygen atoms in total. The molecule has 0 spiro atoms. The molecule has 1 saturated heterocycles. The van der Waals surface area contributed by atoms with E-state index < -0.39 is 0 Å². The zero-order valence-corrected chi connectivity index (χ0v) is 19.1. The SMILES string of the molecule is Cc1ccc(N2C(=O)CC[C@H](C(=O)Nc3ccnn3C3CCCC3)[C@@H]2c2cccs2)cc1. The molecule has 7 heteroatoms. The van der Waals surface area contributed by atoms with Gasteiger partial charge >= 0.3 is 0 Å². The number of benzene rings is 1. The van der Waals surface area contributed by atoms with Crippen LogP contribution in [-0.2, 0) is 9.59 Å².